The van der Waals surface area contributed by atoms with Crippen LogP contribution in [0.25, 0.3) is 0 Å². The number of hydrogen-bond donors (Lipinski definition) is 11. The minimum atomic E-state index is -3.49. The first-order valence-corrected chi connectivity index (χ1v) is 26.0. The van der Waals surface area contributed by atoms with E-state index in [2.05, 4.69) is 41.9 Å². The minimum absolute atomic E-state index is 0.0622. The van der Waals surface area contributed by atoms with Crippen LogP contribution >= 0.6 is 0 Å². The summed E-state index contributed by atoms with van der Waals surface area (Å²) in [4.78, 5) is 102. The predicted molar refractivity (Wildman–Crippen MR) is 264 cm³/mol. The summed E-state index contributed by atoms with van der Waals surface area (Å²) in [6.07, 6.45) is 9.30. The van der Waals surface area contributed by atoms with Crippen LogP contribution in [-0.2, 0) is 62.7 Å². The molecule has 14 N–H and O–H groups in total. The molecule has 0 radical (unpaired) electrons. The fourth-order valence-electron chi connectivity index (χ4n) is 7.39. The van der Waals surface area contributed by atoms with E-state index in [1.165, 1.54) is 12.5 Å². The minimum Gasteiger partial charge on any atom is -0.481 e. The molecule has 0 aliphatic carbocycles. The number of carboxylic acid groups (broad SMARTS) is 1. The van der Waals surface area contributed by atoms with Crippen molar-refractivity contribution in [2.75, 3.05) is 31.6 Å². The molecule has 1 heterocycles. The number of rotatable bonds is 35. The third-order valence-corrected chi connectivity index (χ3v) is 12.3. The number of amides is 6. The SMILES string of the molecule is CS(=O)(=O)CC[C@H](N)C(=O)N[C@@H](CCC(=O)O)C(=O)N[C@@H](Cc1c[nH]cn1)C(=O)N[C@@H](Cc1ccccc1)C(=O)N[C@H](CCCCN)C(=O)N[C@@H](Cc1ccccc1)C(=O)NCCCCCCCCN. The second kappa shape index (κ2) is 31.8. The van der Waals surface area contributed by atoms with Gasteiger partial charge in [0.05, 0.1) is 23.8 Å². The number of imidazole rings is 1. The van der Waals surface area contributed by atoms with Gasteiger partial charge in [-0.15, -0.1) is 0 Å². The Kier molecular flexibility index (Phi) is 26.4. The Bertz CT molecular complexity index is 2180. The third kappa shape index (κ3) is 23.4. The number of unbranched alkanes of at least 4 members (excludes halogenated alkanes) is 6. The van der Waals surface area contributed by atoms with Gasteiger partial charge in [0.15, 0.2) is 0 Å². The van der Waals surface area contributed by atoms with E-state index in [1.807, 2.05) is 30.3 Å². The fourth-order valence-corrected chi connectivity index (χ4v) is 8.07. The lowest BCUT2D eigenvalue weighted by molar-refractivity contribution is -0.138. The van der Waals surface area contributed by atoms with Crippen molar-refractivity contribution in [1.29, 1.82) is 0 Å². The van der Waals surface area contributed by atoms with Crippen molar-refractivity contribution < 1.29 is 47.1 Å². The molecular formula is C48H73N11O10S. The zero-order chi connectivity index (χ0) is 51.3. The molecule has 0 aliphatic rings. The summed E-state index contributed by atoms with van der Waals surface area (Å²) in [7, 11) is -3.49. The van der Waals surface area contributed by atoms with Gasteiger partial charge in [0.25, 0.3) is 0 Å². The van der Waals surface area contributed by atoms with Gasteiger partial charge in [-0.2, -0.15) is 0 Å². The van der Waals surface area contributed by atoms with E-state index in [4.69, 9.17) is 17.2 Å². The number of carbonyl (C=O) groups is 7. The lowest BCUT2D eigenvalue weighted by atomic mass is 10.0. The molecule has 0 unspecified atom stereocenters. The number of aromatic nitrogens is 2. The summed E-state index contributed by atoms with van der Waals surface area (Å²) < 4.78 is 23.4. The molecule has 0 aliphatic heterocycles. The Hall–Kier alpha value is -6.23. The Morgan fingerprint density at radius 1 is 0.586 bits per heavy atom. The van der Waals surface area contributed by atoms with Crippen molar-refractivity contribution in [2.45, 2.75) is 133 Å². The van der Waals surface area contributed by atoms with Gasteiger partial charge in [0.2, 0.25) is 35.4 Å². The number of H-pyrrole nitrogens is 1. The van der Waals surface area contributed by atoms with E-state index in [0.29, 0.717) is 43.7 Å². The van der Waals surface area contributed by atoms with Crippen molar-refractivity contribution in [3.63, 3.8) is 0 Å². The van der Waals surface area contributed by atoms with E-state index in [0.717, 1.165) is 50.3 Å². The molecule has 0 spiro atoms. The van der Waals surface area contributed by atoms with Crippen LogP contribution in [0.1, 0.15) is 93.9 Å². The van der Waals surface area contributed by atoms with E-state index in [1.54, 1.807) is 30.3 Å². The van der Waals surface area contributed by atoms with Crippen molar-refractivity contribution in [3.8, 4) is 0 Å². The van der Waals surface area contributed by atoms with Gasteiger partial charge in [0, 0.05) is 44.7 Å². The lowest BCUT2D eigenvalue weighted by Crippen LogP contribution is -2.60. The molecular weight excluding hydrogens is 923 g/mol. The zero-order valence-corrected chi connectivity index (χ0v) is 40.9. The lowest BCUT2D eigenvalue weighted by Gasteiger charge is -2.27. The molecule has 0 saturated heterocycles. The summed E-state index contributed by atoms with van der Waals surface area (Å²) in [6, 6.07) is 10.1. The van der Waals surface area contributed by atoms with Gasteiger partial charge < -0.3 is 59.2 Å². The molecule has 386 valence electrons. The first-order chi connectivity index (χ1) is 33.5. The van der Waals surface area contributed by atoms with Crippen LogP contribution < -0.4 is 49.1 Å². The van der Waals surface area contributed by atoms with Gasteiger partial charge in [-0.3, -0.25) is 33.6 Å². The number of carbonyl (C=O) groups excluding carboxylic acids is 6. The number of carboxylic acids is 1. The summed E-state index contributed by atoms with van der Waals surface area (Å²) in [5.41, 5.74) is 19.1. The Morgan fingerprint density at radius 3 is 1.56 bits per heavy atom. The monoisotopic (exact) mass is 996 g/mol. The average molecular weight is 996 g/mol. The van der Waals surface area contributed by atoms with Gasteiger partial charge in [-0.25, -0.2) is 13.4 Å². The Morgan fingerprint density at radius 2 is 1.04 bits per heavy atom. The molecule has 6 amide bonds. The van der Waals surface area contributed by atoms with Crippen LogP contribution in [0, 0.1) is 0 Å². The third-order valence-electron chi connectivity index (χ3n) is 11.4. The smallest absolute Gasteiger partial charge is 0.303 e. The Balaban J connectivity index is 1.89. The van der Waals surface area contributed by atoms with Crippen LogP contribution in [0.15, 0.2) is 73.2 Å². The van der Waals surface area contributed by atoms with Crippen LogP contribution in [0.5, 0.6) is 0 Å². The van der Waals surface area contributed by atoms with Gasteiger partial charge in [0.1, 0.15) is 40.0 Å². The van der Waals surface area contributed by atoms with Gasteiger partial charge in [-0.1, -0.05) is 86.3 Å². The highest BCUT2D eigenvalue weighted by Gasteiger charge is 2.34. The normalized spacial score (nSPS) is 13.9. The number of sulfone groups is 1. The number of aliphatic carboxylic acids is 1. The summed E-state index contributed by atoms with van der Waals surface area (Å²) in [5, 5.41) is 25.8. The van der Waals surface area contributed by atoms with E-state index < -0.39 is 100 Å². The van der Waals surface area contributed by atoms with Crippen LogP contribution in [0.4, 0.5) is 0 Å². The molecule has 6 atom stereocenters. The molecule has 0 bridgehead atoms. The summed E-state index contributed by atoms with van der Waals surface area (Å²) in [5.74, 6) is -6.20. The maximum atomic E-state index is 14.5. The number of nitrogens with one attached hydrogen (secondary N) is 7. The molecule has 1 aromatic heterocycles. The van der Waals surface area contributed by atoms with E-state index in [-0.39, 0.29) is 38.0 Å². The molecule has 21 nitrogen and oxygen atoms in total. The number of benzene rings is 2. The van der Waals surface area contributed by atoms with E-state index in [9.17, 15) is 47.1 Å². The van der Waals surface area contributed by atoms with Crippen molar-refractivity contribution in [2.24, 2.45) is 17.2 Å². The highest BCUT2D eigenvalue weighted by molar-refractivity contribution is 7.90. The van der Waals surface area contributed by atoms with Crippen LogP contribution in [0.2, 0.25) is 0 Å². The fraction of sp³-hybridized carbons (Fsp3) is 0.542. The molecule has 3 rings (SSSR count). The number of aromatic amines is 1. The molecule has 2 aromatic carbocycles. The average Bonchev–Trinajstić information content (AvgIpc) is 3.85. The van der Waals surface area contributed by atoms with Crippen molar-refractivity contribution in [1.82, 2.24) is 41.9 Å². The molecule has 70 heavy (non-hydrogen) atoms. The molecule has 0 fully saturated rings. The highest BCUT2D eigenvalue weighted by Crippen LogP contribution is 2.11. The van der Waals surface area contributed by atoms with Crippen LogP contribution in [-0.4, -0.2) is 133 Å². The molecule has 3 aromatic rings. The summed E-state index contributed by atoms with van der Waals surface area (Å²) >= 11 is 0. The highest BCUT2D eigenvalue weighted by atomic mass is 32.2. The molecule has 22 heteroatoms. The first kappa shape index (κ1) is 58.1. The second-order valence-electron chi connectivity index (χ2n) is 17.4. The van der Waals surface area contributed by atoms with E-state index >= 15 is 0 Å². The second-order valence-corrected chi connectivity index (χ2v) is 19.7. The maximum Gasteiger partial charge on any atom is 0.303 e. The number of hydrogen-bond acceptors (Lipinski definition) is 13. The summed E-state index contributed by atoms with van der Waals surface area (Å²) in [6.45, 7) is 1.39. The zero-order valence-electron chi connectivity index (χ0n) is 40.0. The quantitative estimate of drug-likeness (QED) is 0.0347. The van der Waals surface area contributed by atoms with Crippen molar-refractivity contribution >= 4 is 51.2 Å². The largest absolute Gasteiger partial charge is 0.481 e. The van der Waals surface area contributed by atoms with Gasteiger partial charge >= 0.3 is 5.97 Å². The number of nitrogens with two attached hydrogens (primary N) is 3. The van der Waals surface area contributed by atoms with Crippen molar-refractivity contribution in [3.05, 3.63) is 90.0 Å². The number of nitrogens with zero attached hydrogens (tertiary/aromatic N) is 1. The predicted octanol–water partition coefficient (Wildman–Crippen LogP) is 0.0329. The topological polar surface area (TPSA) is 353 Å². The maximum absolute atomic E-state index is 14.5. The first-order valence-electron chi connectivity index (χ1n) is 23.9. The Labute approximate surface area is 410 Å². The van der Waals surface area contributed by atoms with Crippen LogP contribution in [0.3, 0.4) is 0 Å². The standard InChI is InChI=1S/C48H73N11O10S/c1-70(68,69)27-23-36(51)43(62)55-38(21-22-42(60)61)46(65)59-41(30-35-31-52-32-54-35)48(67)58-40(29-34-18-10-7-11-19-34)47(66)56-37(20-12-14-25-50)45(64)57-39(28-33-16-8-6-9-17-33)44(63)53-26-15-5-3-2-4-13-24-49/h6-11,16-19,31-32,36-41H,2-5,12-15,20-30,49-51H2,1H3,(H,52,54)(H,53,63)(H,55,62)(H,56,66)(H,57,64)(H,58,67)(H,59,65)(H,60,61)/t36-,37+,38-,39-,40-,41-/m0/s1. The van der Waals surface area contributed by atoms with Gasteiger partial charge in [-0.05, 0) is 69.2 Å². The molecule has 0 saturated carbocycles.